The van der Waals surface area contributed by atoms with E-state index in [0.717, 1.165) is 6.26 Å². The average molecular weight is 207 g/mol. The minimum Gasteiger partial charge on any atom is -0.396 e. The first-order valence-electron chi connectivity index (χ1n) is 3.02. The van der Waals surface area contributed by atoms with Crippen LogP contribution >= 0.6 is 11.6 Å². The van der Waals surface area contributed by atoms with Crippen LogP contribution in [-0.2, 0) is 9.84 Å². The number of aromatic nitrogens is 1. The molecule has 0 spiro atoms. The van der Waals surface area contributed by atoms with Crippen molar-refractivity contribution in [2.45, 2.75) is 5.03 Å². The van der Waals surface area contributed by atoms with Gasteiger partial charge >= 0.3 is 0 Å². The highest BCUT2D eigenvalue weighted by Crippen LogP contribution is 2.18. The van der Waals surface area contributed by atoms with Crippen LogP contribution in [0.3, 0.4) is 0 Å². The fraction of sp³-hybridized carbons (Fsp3) is 0.167. The quantitative estimate of drug-likeness (QED) is 0.735. The number of anilines is 1. The predicted octanol–water partition coefficient (Wildman–Crippen LogP) is 0.721. The molecule has 0 radical (unpaired) electrons. The molecule has 4 nitrogen and oxygen atoms in total. The highest BCUT2D eigenvalue weighted by atomic mass is 35.5. The summed E-state index contributed by atoms with van der Waals surface area (Å²) >= 11 is 5.53. The molecule has 12 heavy (non-hydrogen) atoms. The van der Waals surface area contributed by atoms with Crippen molar-refractivity contribution in [3.63, 3.8) is 0 Å². The monoisotopic (exact) mass is 206 g/mol. The molecule has 1 heterocycles. The molecule has 0 saturated carbocycles. The maximum atomic E-state index is 11.0. The first-order valence-corrected chi connectivity index (χ1v) is 5.29. The summed E-state index contributed by atoms with van der Waals surface area (Å²) < 4.78 is 22.0. The summed E-state index contributed by atoms with van der Waals surface area (Å²) in [4.78, 5) is 3.60. The number of sulfone groups is 1. The zero-order chi connectivity index (χ0) is 9.35. The van der Waals surface area contributed by atoms with Gasteiger partial charge in [-0.2, -0.15) is 0 Å². The highest BCUT2D eigenvalue weighted by Gasteiger charge is 2.12. The van der Waals surface area contributed by atoms with E-state index in [1.807, 2.05) is 0 Å². The van der Waals surface area contributed by atoms with E-state index >= 15 is 0 Å². The second-order valence-electron chi connectivity index (χ2n) is 2.32. The normalized spacial score (nSPS) is 11.5. The number of nitrogen functional groups attached to an aromatic ring is 1. The zero-order valence-electron chi connectivity index (χ0n) is 6.28. The Balaban J connectivity index is 3.39. The number of hydrogen-bond acceptors (Lipinski definition) is 4. The summed E-state index contributed by atoms with van der Waals surface area (Å²) in [6.07, 6.45) is 2.29. The topological polar surface area (TPSA) is 73.0 Å². The third-order valence-corrected chi connectivity index (χ3v) is 2.45. The van der Waals surface area contributed by atoms with Crippen LogP contribution in [0.2, 0.25) is 5.02 Å². The van der Waals surface area contributed by atoms with Crippen molar-refractivity contribution in [2.75, 3.05) is 12.0 Å². The first-order chi connectivity index (χ1) is 5.41. The minimum atomic E-state index is -3.35. The van der Waals surface area contributed by atoms with Crippen molar-refractivity contribution in [3.05, 3.63) is 17.3 Å². The standard InChI is InChI=1S/C6H7ClN2O2S/c1-12(10,11)6-5(8)2-4(7)3-9-6/h2-3H,8H2,1H3. The summed E-state index contributed by atoms with van der Waals surface area (Å²) in [5.41, 5.74) is 5.46. The lowest BCUT2D eigenvalue weighted by Crippen LogP contribution is -2.04. The van der Waals surface area contributed by atoms with Crippen molar-refractivity contribution in [2.24, 2.45) is 0 Å². The fourth-order valence-corrected chi connectivity index (χ4v) is 1.65. The molecule has 0 aromatic carbocycles. The van der Waals surface area contributed by atoms with Crippen molar-refractivity contribution in [1.29, 1.82) is 0 Å². The van der Waals surface area contributed by atoms with Gasteiger partial charge in [-0.15, -0.1) is 0 Å². The molecule has 1 rings (SSSR count). The third-order valence-electron chi connectivity index (χ3n) is 1.20. The smallest absolute Gasteiger partial charge is 0.194 e. The van der Waals surface area contributed by atoms with Crippen LogP contribution in [0.1, 0.15) is 0 Å². The van der Waals surface area contributed by atoms with Crippen molar-refractivity contribution >= 4 is 27.1 Å². The van der Waals surface area contributed by atoms with Gasteiger partial charge in [-0.05, 0) is 6.07 Å². The number of halogens is 1. The van der Waals surface area contributed by atoms with Gasteiger partial charge in [0.1, 0.15) is 0 Å². The summed E-state index contributed by atoms with van der Waals surface area (Å²) in [7, 11) is -3.35. The Labute approximate surface area is 75.3 Å². The van der Waals surface area contributed by atoms with Crippen LogP contribution in [0.15, 0.2) is 17.3 Å². The third kappa shape index (κ3) is 1.86. The molecule has 2 N–H and O–H groups in total. The molecule has 0 aliphatic heterocycles. The Morgan fingerprint density at radius 1 is 1.58 bits per heavy atom. The van der Waals surface area contributed by atoms with E-state index in [2.05, 4.69) is 4.98 Å². The van der Waals surface area contributed by atoms with Gasteiger partial charge in [0.15, 0.2) is 14.9 Å². The maximum Gasteiger partial charge on any atom is 0.194 e. The van der Waals surface area contributed by atoms with E-state index in [-0.39, 0.29) is 10.7 Å². The SMILES string of the molecule is CS(=O)(=O)c1ncc(Cl)cc1N. The summed E-state index contributed by atoms with van der Waals surface area (Å²) in [6, 6.07) is 1.35. The largest absolute Gasteiger partial charge is 0.396 e. The molecule has 0 fully saturated rings. The zero-order valence-corrected chi connectivity index (χ0v) is 7.85. The number of rotatable bonds is 1. The Hall–Kier alpha value is -0.810. The molecule has 0 unspecified atom stereocenters. The van der Waals surface area contributed by atoms with E-state index in [1.165, 1.54) is 12.3 Å². The van der Waals surface area contributed by atoms with Gasteiger partial charge < -0.3 is 5.73 Å². The van der Waals surface area contributed by atoms with Crippen molar-refractivity contribution in [3.8, 4) is 0 Å². The van der Waals surface area contributed by atoms with Crippen LogP contribution in [0.5, 0.6) is 0 Å². The second-order valence-corrected chi connectivity index (χ2v) is 4.69. The Kier molecular flexibility index (Phi) is 2.25. The maximum absolute atomic E-state index is 11.0. The lowest BCUT2D eigenvalue weighted by molar-refractivity contribution is 0.599. The molecule has 0 atom stereocenters. The predicted molar refractivity (Wildman–Crippen MR) is 46.8 cm³/mol. The van der Waals surface area contributed by atoms with Crippen LogP contribution in [-0.4, -0.2) is 19.7 Å². The van der Waals surface area contributed by atoms with Crippen molar-refractivity contribution in [1.82, 2.24) is 4.98 Å². The summed E-state index contributed by atoms with van der Waals surface area (Å²) in [5.74, 6) is 0. The molecule has 0 bridgehead atoms. The number of nitrogens with two attached hydrogens (primary N) is 1. The van der Waals surface area contributed by atoms with Gasteiger partial charge in [0.05, 0.1) is 10.7 Å². The van der Waals surface area contributed by atoms with E-state index < -0.39 is 9.84 Å². The minimum absolute atomic E-state index is 0.0741. The highest BCUT2D eigenvalue weighted by molar-refractivity contribution is 7.90. The van der Waals surface area contributed by atoms with E-state index in [0.29, 0.717) is 5.02 Å². The number of pyridine rings is 1. The van der Waals surface area contributed by atoms with Gasteiger partial charge in [-0.1, -0.05) is 11.6 Å². The summed E-state index contributed by atoms with van der Waals surface area (Å²) in [6.45, 7) is 0. The molecule has 0 aliphatic rings. The van der Waals surface area contributed by atoms with Gasteiger partial charge in [0.25, 0.3) is 0 Å². The molecule has 1 aromatic heterocycles. The molecule has 0 amide bonds. The molecule has 0 aliphatic carbocycles. The summed E-state index contributed by atoms with van der Waals surface area (Å²) in [5, 5.41) is 0.187. The number of hydrogen-bond donors (Lipinski definition) is 1. The Morgan fingerprint density at radius 2 is 2.17 bits per heavy atom. The first kappa shape index (κ1) is 9.28. The molecular weight excluding hydrogens is 200 g/mol. The fourth-order valence-electron chi connectivity index (χ4n) is 0.752. The lowest BCUT2D eigenvalue weighted by atomic mass is 10.4. The Morgan fingerprint density at radius 3 is 2.58 bits per heavy atom. The van der Waals surface area contributed by atoms with E-state index in [9.17, 15) is 8.42 Å². The van der Waals surface area contributed by atoms with E-state index in [4.69, 9.17) is 17.3 Å². The van der Waals surface area contributed by atoms with Crippen molar-refractivity contribution < 1.29 is 8.42 Å². The van der Waals surface area contributed by atoms with Gasteiger partial charge in [0.2, 0.25) is 0 Å². The van der Waals surface area contributed by atoms with Gasteiger partial charge in [0, 0.05) is 12.5 Å². The number of nitrogens with zero attached hydrogens (tertiary/aromatic N) is 1. The molecule has 6 heteroatoms. The second kappa shape index (κ2) is 2.91. The van der Waals surface area contributed by atoms with Gasteiger partial charge in [-0.25, -0.2) is 13.4 Å². The molecular formula is C6H7ClN2O2S. The van der Waals surface area contributed by atoms with Gasteiger partial charge in [-0.3, -0.25) is 0 Å². The molecule has 66 valence electrons. The molecule has 0 saturated heterocycles. The van der Waals surface area contributed by atoms with Crippen LogP contribution in [0.4, 0.5) is 5.69 Å². The van der Waals surface area contributed by atoms with E-state index in [1.54, 1.807) is 0 Å². The van der Waals surface area contributed by atoms with Crippen LogP contribution in [0, 0.1) is 0 Å². The van der Waals surface area contributed by atoms with Crippen LogP contribution < -0.4 is 5.73 Å². The Bertz CT molecular complexity index is 402. The average Bonchev–Trinajstić information content (AvgIpc) is 1.83. The van der Waals surface area contributed by atoms with Crippen LogP contribution in [0.25, 0.3) is 0 Å². The lowest BCUT2D eigenvalue weighted by Gasteiger charge is -2.00. The molecule has 1 aromatic rings.